The Balaban J connectivity index is 2.45. The van der Waals surface area contributed by atoms with Crippen LogP contribution in [0.4, 0.5) is 18.9 Å². The van der Waals surface area contributed by atoms with Gasteiger partial charge in [-0.1, -0.05) is 6.07 Å². The van der Waals surface area contributed by atoms with Gasteiger partial charge in [-0.15, -0.1) is 0 Å². The molecule has 0 saturated heterocycles. The average molecular weight is 285 g/mol. The summed E-state index contributed by atoms with van der Waals surface area (Å²) in [7, 11) is 1.44. The van der Waals surface area contributed by atoms with Crippen LogP contribution in [0.15, 0.2) is 24.3 Å². The molecular weight excluding hydrogens is 271 g/mol. The van der Waals surface area contributed by atoms with E-state index < -0.39 is 18.5 Å². The van der Waals surface area contributed by atoms with Gasteiger partial charge in [0, 0.05) is 12.2 Å². The third kappa shape index (κ3) is 6.20. The first-order valence-corrected chi connectivity index (χ1v) is 5.85. The molecule has 0 fully saturated rings. The number of amides is 1. The van der Waals surface area contributed by atoms with Crippen LogP contribution in [0.2, 0.25) is 0 Å². The molecule has 1 aromatic carbocycles. The van der Waals surface area contributed by atoms with Crippen molar-refractivity contribution in [3.8, 4) is 6.07 Å². The molecule has 0 aliphatic rings. The summed E-state index contributed by atoms with van der Waals surface area (Å²) >= 11 is 0. The van der Waals surface area contributed by atoms with Gasteiger partial charge in [0.25, 0.3) is 0 Å². The largest absolute Gasteiger partial charge is 0.390 e. The zero-order chi connectivity index (χ0) is 15.2. The van der Waals surface area contributed by atoms with Crippen LogP contribution in [0, 0.1) is 11.3 Å². The second-order valence-corrected chi connectivity index (χ2v) is 4.34. The Labute approximate surface area is 114 Å². The molecular formula is C13H14F3N3O. The summed E-state index contributed by atoms with van der Waals surface area (Å²) in [6.45, 7) is -0.387. The molecule has 1 aromatic rings. The number of benzene rings is 1. The first-order chi connectivity index (χ1) is 9.30. The van der Waals surface area contributed by atoms with Gasteiger partial charge in [-0.05, 0) is 25.2 Å². The molecule has 0 unspecified atom stereocenters. The van der Waals surface area contributed by atoms with Crippen LogP contribution in [0.5, 0.6) is 0 Å². The van der Waals surface area contributed by atoms with Crippen LogP contribution in [-0.2, 0) is 4.79 Å². The third-order valence-electron chi connectivity index (χ3n) is 2.47. The van der Waals surface area contributed by atoms with Gasteiger partial charge < -0.3 is 5.32 Å². The van der Waals surface area contributed by atoms with Crippen LogP contribution in [0.25, 0.3) is 0 Å². The highest BCUT2D eigenvalue weighted by Crippen LogP contribution is 2.19. The molecule has 1 amide bonds. The average Bonchev–Trinajstić information content (AvgIpc) is 2.35. The standard InChI is InChI=1S/C13H14F3N3O/c1-19(6-5-13(14,15)16)9-12(20)18-11-4-2-3-10(7-11)8-17/h2-4,7H,5-6,9H2,1H3,(H,18,20). The first-order valence-electron chi connectivity index (χ1n) is 5.85. The Bertz CT molecular complexity index is 508. The van der Waals surface area contributed by atoms with Crippen LogP contribution in [0.3, 0.4) is 0 Å². The van der Waals surface area contributed by atoms with Crippen LogP contribution < -0.4 is 5.32 Å². The van der Waals surface area contributed by atoms with Gasteiger partial charge in [-0.25, -0.2) is 0 Å². The Kier molecular flexibility index (Phi) is 5.53. The van der Waals surface area contributed by atoms with E-state index in [2.05, 4.69) is 5.32 Å². The summed E-state index contributed by atoms with van der Waals surface area (Å²) < 4.78 is 36.1. The Morgan fingerprint density at radius 1 is 1.45 bits per heavy atom. The fourth-order valence-electron chi connectivity index (χ4n) is 1.51. The molecule has 7 heteroatoms. The van der Waals surface area contributed by atoms with E-state index in [1.54, 1.807) is 18.2 Å². The number of likely N-dealkylation sites (N-methyl/N-ethyl adjacent to an activating group) is 1. The minimum absolute atomic E-state index is 0.146. The van der Waals surface area contributed by atoms with Gasteiger partial charge >= 0.3 is 6.18 Å². The first kappa shape index (κ1) is 16.0. The van der Waals surface area contributed by atoms with E-state index in [0.717, 1.165) is 0 Å². The molecule has 0 atom stereocenters. The molecule has 0 radical (unpaired) electrons. The Hall–Kier alpha value is -2.07. The second kappa shape index (κ2) is 6.91. The highest BCUT2D eigenvalue weighted by atomic mass is 19.4. The fraction of sp³-hybridized carbons (Fsp3) is 0.385. The minimum atomic E-state index is -4.23. The molecule has 0 bridgehead atoms. The number of alkyl halides is 3. The number of hydrogen-bond acceptors (Lipinski definition) is 3. The van der Waals surface area contributed by atoms with Gasteiger partial charge in [0.1, 0.15) is 0 Å². The number of carbonyl (C=O) groups excluding carboxylic acids is 1. The molecule has 108 valence electrons. The molecule has 0 heterocycles. The molecule has 0 saturated carbocycles. The van der Waals surface area contributed by atoms with Gasteiger partial charge in [-0.2, -0.15) is 18.4 Å². The summed E-state index contributed by atoms with van der Waals surface area (Å²) in [5.74, 6) is -0.426. The zero-order valence-electron chi connectivity index (χ0n) is 10.9. The zero-order valence-corrected chi connectivity index (χ0v) is 10.9. The molecule has 0 aliphatic heterocycles. The minimum Gasteiger partial charge on any atom is -0.325 e. The van der Waals surface area contributed by atoms with E-state index in [1.807, 2.05) is 6.07 Å². The van der Waals surface area contributed by atoms with E-state index >= 15 is 0 Å². The van der Waals surface area contributed by atoms with Crippen molar-refractivity contribution in [2.75, 3.05) is 25.5 Å². The van der Waals surface area contributed by atoms with Crippen molar-refractivity contribution < 1.29 is 18.0 Å². The smallest absolute Gasteiger partial charge is 0.325 e. The molecule has 20 heavy (non-hydrogen) atoms. The normalized spacial score (nSPS) is 11.2. The van der Waals surface area contributed by atoms with Crippen LogP contribution >= 0.6 is 0 Å². The third-order valence-corrected chi connectivity index (χ3v) is 2.47. The molecule has 1 N–H and O–H groups in total. The SMILES string of the molecule is CN(CCC(F)(F)F)CC(=O)Nc1cccc(C#N)c1. The molecule has 0 spiro atoms. The number of nitrogens with zero attached hydrogens (tertiary/aromatic N) is 2. The van der Waals surface area contributed by atoms with Crippen molar-refractivity contribution in [3.63, 3.8) is 0 Å². The monoisotopic (exact) mass is 285 g/mol. The summed E-state index contributed by atoms with van der Waals surface area (Å²) in [6, 6.07) is 8.23. The summed E-state index contributed by atoms with van der Waals surface area (Å²) in [6.07, 6.45) is -5.19. The van der Waals surface area contributed by atoms with Crippen LogP contribution in [-0.4, -0.2) is 37.1 Å². The number of anilines is 1. The van der Waals surface area contributed by atoms with Gasteiger partial charge in [0.15, 0.2) is 0 Å². The predicted octanol–water partition coefficient (Wildman–Crippen LogP) is 2.38. The number of halogens is 3. The second-order valence-electron chi connectivity index (χ2n) is 4.34. The lowest BCUT2D eigenvalue weighted by molar-refractivity contribution is -0.138. The Morgan fingerprint density at radius 3 is 2.75 bits per heavy atom. The fourth-order valence-corrected chi connectivity index (χ4v) is 1.51. The van der Waals surface area contributed by atoms with Gasteiger partial charge in [0.2, 0.25) is 5.91 Å². The number of nitriles is 1. The lowest BCUT2D eigenvalue weighted by Crippen LogP contribution is -2.32. The molecule has 1 rings (SSSR count). The van der Waals surface area contributed by atoms with E-state index in [-0.39, 0.29) is 13.1 Å². The van der Waals surface area contributed by atoms with Crippen molar-refractivity contribution >= 4 is 11.6 Å². The number of hydrogen-bond donors (Lipinski definition) is 1. The lowest BCUT2D eigenvalue weighted by atomic mass is 10.2. The van der Waals surface area contributed by atoms with E-state index in [4.69, 9.17) is 5.26 Å². The topological polar surface area (TPSA) is 56.1 Å². The van der Waals surface area contributed by atoms with Gasteiger partial charge in [-0.3, -0.25) is 9.69 Å². The van der Waals surface area contributed by atoms with E-state index in [0.29, 0.717) is 11.3 Å². The molecule has 0 aromatic heterocycles. The van der Waals surface area contributed by atoms with E-state index in [1.165, 1.54) is 18.0 Å². The van der Waals surface area contributed by atoms with Crippen molar-refractivity contribution in [1.29, 1.82) is 5.26 Å². The van der Waals surface area contributed by atoms with Crippen molar-refractivity contribution in [2.24, 2.45) is 0 Å². The van der Waals surface area contributed by atoms with Crippen molar-refractivity contribution in [3.05, 3.63) is 29.8 Å². The summed E-state index contributed by atoms with van der Waals surface area (Å²) in [4.78, 5) is 12.9. The highest BCUT2D eigenvalue weighted by molar-refractivity contribution is 5.92. The van der Waals surface area contributed by atoms with Crippen LogP contribution in [0.1, 0.15) is 12.0 Å². The maximum absolute atomic E-state index is 12.0. The quantitative estimate of drug-likeness (QED) is 0.903. The lowest BCUT2D eigenvalue weighted by Gasteiger charge is -2.17. The Morgan fingerprint density at radius 2 is 2.15 bits per heavy atom. The number of carbonyl (C=O) groups is 1. The van der Waals surface area contributed by atoms with E-state index in [9.17, 15) is 18.0 Å². The summed E-state index contributed by atoms with van der Waals surface area (Å²) in [5, 5.41) is 11.2. The maximum Gasteiger partial charge on any atom is 0.390 e. The maximum atomic E-state index is 12.0. The molecule has 0 aliphatic carbocycles. The number of rotatable bonds is 5. The van der Waals surface area contributed by atoms with Crippen molar-refractivity contribution in [2.45, 2.75) is 12.6 Å². The molecule has 4 nitrogen and oxygen atoms in total. The van der Waals surface area contributed by atoms with Gasteiger partial charge in [0.05, 0.1) is 24.6 Å². The summed E-state index contributed by atoms with van der Waals surface area (Å²) in [5.41, 5.74) is 0.839. The highest BCUT2D eigenvalue weighted by Gasteiger charge is 2.27. The van der Waals surface area contributed by atoms with Crippen molar-refractivity contribution in [1.82, 2.24) is 4.90 Å². The number of nitrogens with one attached hydrogen (secondary N) is 1. The predicted molar refractivity (Wildman–Crippen MR) is 68.0 cm³/mol.